The Bertz CT molecular complexity index is 582. The summed E-state index contributed by atoms with van der Waals surface area (Å²) in [6.07, 6.45) is 1.61. The number of carboxylic acid groups (broad SMARTS) is 1. The first kappa shape index (κ1) is 15.0. The van der Waals surface area contributed by atoms with Crippen molar-refractivity contribution in [2.45, 2.75) is 32.4 Å². The average Bonchev–Trinajstić information content (AvgIpc) is 3.27. The largest absolute Gasteiger partial charge is 0.481 e. The first-order valence-electron chi connectivity index (χ1n) is 6.67. The molecular formula is C14H16N2O5. The number of amides is 1. The minimum atomic E-state index is -1.19. The van der Waals surface area contributed by atoms with Crippen molar-refractivity contribution < 1.29 is 19.6 Å². The zero-order valence-electron chi connectivity index (χ0n) is 11.6. The fourth-order valence-electron chi connectivity index (χ4n) is 2.13. The molecule has 1 unspecified atom stereocenters. The van der Waals surface area contributed by atoms with E-state index >= 15 is 0 Å². The maximum absolute atomic E-state index is 12.2. The number of nitro groups is 1. The molecule has 1 N–H and O–H groups in total. The zero-order valence-corrected chi connectivity index (χ0v) is 11.6. The fourth-order valence-corrected chi connectivity index (χ4v) is 2.13. The van der Waals surface area contributed by atoms with Gasteiger partial charge in [0.15, 0.2) is 0 Å². The van der Waals surface area contributed by atoms with Crippen molar-refractivity contribution >= 4 is 17.6 Å². The Morgan fingerprint density at radius 3 is 2.57 bits per heavy atom. The first-order chi connectivity index (χ1) is 9.91. The van der Waals surface area contributed by atoms with Crippen LogP contribution in [0.3, 0.4) is 0 Å². The molecule has 1 fully saturated rings. The third kappa shape index (κ3) is 3.36. The predicted molar refractivity (Wildman–Crippen MR) is 73.5 cm³/mol. The van der Waals surface area contributed by atoms with Crippen LogP contribution in [0.25, 0.3) is 0 Å². The van der Waals surface area contributed by atoms with E-state index in [1.165, 1.54) is 17.9 Å². The molecule has 0 bridgehead atoms. The Morgan fingerprint density at radius 1 is 1.43 bits per heavy atom. The van der Waals surface area contributed by atoms with E-state index in [0.29, 0.717) is 5.56 Å². The van der Waals surface area contributed by atoms with Crippen molar-refractivity contribution in [2.24, 2.45) is 5.92 Å². The van der Waals surface area contributed by atoms with Crippen molar-refractivity contribution in [2.75, 3.05) is 0 Å². The van der Waals surface area contributed by atoms with Gasteiger partial charge >= 0.3 is 5.97 Å². The van der Waals surface area contributed by atoms with E-state index in [0.717, 1.165) is 12.8 Å². The van der Waals surface area contributed by atoms with Crippen molar-refractivity contribution in [1.29, 1.82) is 0 Å². The molecule has 1 saturated carbocycles. The molecule has 0 saturated heterocycles. The zero-order chi connectivity index (χ0) is 15.6. The molecular weight excluding hydrogens is 276 g/mol. The number of aliphatic carboxylic acids is 1. The molecule has 0 radical (unpaired) electrons. The van der Waals surface area contributed by atoms with Gasteiger partial charge in [-0.2, -0.15) is 0 Å². The maximum Gasteiger partial charge on any atom is 0.315 e. The van der Waals surface area contributed by atoms with Gasteiger partial charge in [0.25, 0.3) is 5.69 Å². The summed E-state index contributed by atoms with van der Waals surface area (Å²) in [5.41, 5.74) is 0.360. The number of hydrogen-bond donors (Lipinski definition) is 1. The van der Waals surface area contributed by atoms with E-state index in [-0.39, 0.29) is 18.3 Å². The van der Waals surface area contributed by atoms with Crippen LogP contribution < -0.4 is 0 Å². The second-order valence-electron chi connectivity index (χ2n) is 5.14. The van der Waals surface area contributed by atoms with Crippen molar-refractivity contribution in [3.8, 4) is 0 Å². The van der Waals surface area contributed by atoms with Crippen LogP contribution in [0.1, 0.15) is 25.3 Å². The minimum absolute atomic E-state index is 0.0147. The van der Waals surface area contributed by atoms with Crippen LogP contribution >= 0.6 is 0 Å². The normalized spacial score (nSPS) is 15.3. The summed E-state index contributed by atoms with van der Waals surface area (Å²) in [5.74, 6) is -2.83. The maximum atomic E-state index is 12.2. The highest BCUT2D eigenvalue weighted by atomic mass is 16.6. The van der Waals surface area contributed by atoms with Crippen LogP contribution in [0, 0.1) is 16.0 Å². The van der Waals surface area contributed by atoms with E-state index in [4.69, 9.17) is 5.11 Å². The van der Waals surface area contributed by atoms with E-state index in [2.05, 4.69) is 0 Å². The minimum Gasteiger partial charge on any atom is -0.481 e. The molecule has 1 aromatic rings. The summed E-state index contributed by atoms with van der Waals surface area (Å²) in [6, 6.07) is 6.18. The number of rotatable bonds is 6. The Hall–Kier alpha value is -2.44. The van der Waals surface area contributed by atoms with Crippen molar-refractivity contribution in [3.63, 3.8) is 0 Å². The van der Waals surface area contributed by atoms with Crippen LogP contribution in [0.2, 0.25) is 0 Å². The average molecular weight is 292 g/mol. The molecule has 0 spiro atoms. The molecule has 1 aromatic carbocycles. The lowest BCUT2D eigenvalue weighted by molar-refractivity contribution is -0.385. The first-order valence-corrected chi connectivity index (χ1v) is 6.67. The van der Waals surface area contributed by atoms with Gasteiger partial charge in [0.2, 0.25) is 5.91 Å². The lowest BCUT2D eigenvalue weighted by atomic mass is 10.1. The van der Waals surface area contributed by atoms with Gasteiger partial charge in [-0.1, -0.05) is 18.2 Å². The van der Waals surface area contributed by atoms with Crippen molar-refractivity contribution in [3.05, 3.63) is 39.9 Å². The summed E-state index contributed by atoms with van der Waals surface area (Å²) < 4.78 is 0. The van der Waals surface area contributed by atoms with Crippen LogP contribution in [0.4, 0.5) is 5.69 Å². The monoisotopic (exact) mass is 292 g/mol. The Labute approximate surface area is 121 Å². The summed E-state index contributed by atoms with van der Waals surface area (Å²) in [6.45, 7) is 1.40. The van der Waals surface area contributed by atoms with Gasteiger partial charge in [0.05, 0.1) is 11.5 Å². The van der Waals surface area contributed by atoms with Crippen LogP contribution in [0.15, 0.2) is 24.3 Å². The number of hydrogen-bond acceptors (Lipinski definition) is 4. The molecule has 0 aromatic heterocycles. The number of benzene rings is 1. The van der Waals surface area contributed by atoms with E-state index in [9.17, 15) is 19.7 Å². The van der Waals surface area contributed by atoms with Gasteiger partial charge in [-0.05, 0) is 19.8 Å². The Morgan fingerprint density at radius 2 is 2.05 bits per heavy atom. The van der Waals surface area contributed by atoms with Gasteiger partial charge in [-0.3, -0.25) is 19.7 Å². The second-order valence-corrected chi connectivity index (χ2v) is 5.14. The predicted octanol–water partition coefficient (Wildman–Crippen LogP) is 1.81. The number of carboxylic acids is 1. The number of para-hydroxylation sites is 1. The highest BCUT2D eigenvalue weighted by Crippen LogP contribution is 2.31. The van der Waals surface area contributed by atoms with Crippen molar-refractivity contribution in [1.82, 2.24) is 4.90 Å². The quantitative estimate of drug-likeness (QED) is 0.489. The summed E-state index contributed by atoms with van der Waals surface area (Å²) in [7, 11) is 0. The lowest BCUT2D eigenvalue weighted by Gasteiger charge is -2.24. The molecule has 1 amide bonds. The third-order valence-electron chi connectivity index (χ3n) is 3.54. The number of carbonyl (C=O) groups excluding carboxylic acids is 1. The smallest absolute Gasteiger partial charge is 0.315 e. The summed E-state index contributed by atoms with van der Waals surface area (Å²) >= 11 is 0. The molecule has 21 heavy (non-hydrogen) atoms. The van der Waals surface area contributed by atoms with E-state index < -0.39 is 22.7 Å². The molecule has 1 aliphatic rings. The van der Waals surface area contributed by atoms with Gasteiger partial charge in [-0.15, -0.1) is 0 Å². The SMILES string of the molecule is CC(C(=O)O)C(=O)N(Cc1ccccc1[N+](=O)[O-])C1CC1. The summed E-state index contributed by atoms with van der Waals surface area (Å²) in [4.78, 5) is 35.1. The molecule has 1 aliphatic carbocycles. The van der Waals surface area contributed by atoms with Gasteiger partial charge in [0, 0.05) is 17.7 Å². The standard InChI is InChI=1S/C14H16N2O5/c1-9(14(18)19)13(17)15(11-6-7-11)8-10-4-2-3-5-12(10)16(20)21/h2-5,9,11H,6-8H2,1H3,(H,18,19). The van der Waals surface area contributed by atoms with Crippen LogP contribution in [-0.4, -0.2) is 32.8 Å². The number of nitro benzene ring substituents is 1. The number of carbonyl (C=O) groups is 2. The van der Waals surface area contributed by atoms with E-state index in [1.54, 1.807) is 18.2 Å². The fraction of sp³-hybridized carbons (Fsp3) is 0.429. The molecule has 2 rings (SSSR count). The van der Waals surface area contributed by atoms with Gasteiger partial charge < -0.3 is 10.0 Å². The Kier molecular flexibility index (Phi) is 4.21. The number of nitrogens with zero attached hydrogens (tertiary/aromatic N) is 2. The van der Waals surface area contributed by atoms with Crippen LogP contribution in [-0.2, 0) is 16.1 Å². The van der Waals surface area contributed by atoms with Gasteiger partial charge in [-0.25, -0.2) is 0 Å². The summed E-state index contributed by atoms with van der Waals surface area (Å²) in [5, 5.41) is 20.0. The van der Waals surface area contributed by atoms with Gasteiger partial charge in [0.1, 0.15) is 5.92 Å². The molecule has 1 atom stereocenters. The molecule has 0 heterocycles. The topological polar surface area (TPSA) is 101 Å². The molecule has 7 heteroatoms. The second kappa shape index (κ2) is 5.90. The van der Waals surface area contributed by atoms with Crippen LogP contribution in [0.5, 0.6) is 0 Å². The highest BCUT2D eigenvalue weighted by molar-refractivity contribution is 5.96. The molecule has 7 nitrogen and oxygen atoms in total. The lowest BCUT2D eigenvalue weighted by Crippen LogP contribution is -2.39. The molecule has 0 aliphatic heterocycles. The van der Waals surface area contributed by atoms with E-state index in [1.807, 2.05) is 0 Å². The molecule has 112 valence electrons. The Balaban J connectivity index is 2.23. The highest BCUT2D eigenvalue weighted by Gasteiger charge is 2.37. The third-order valence-corrected chi connectivity index (χ3v) is 3.54.